The van der Waals surface area contributed by atoms with E-state index in [1.807, 2.05) is 12.1 Å². The Labute approximate surface area is 130 Å². The van der Waals surface area contributed by atoms with Gasteiger partial charge in [0.15, 0.2) is 0 Å². The molecule has 3 nitrogen and oxygen atoms in total. The van der Waals surface area contributed by atoms with Crippen molar-refractivity contribution in [2.45, 2.75) is 13.0 Å². The number of aliphatic imine (C=N–C) groups is 1. The molecule has 0 radical (unpaired) electrons. The molecule has 1 aliphatic rings. The second-order valence-electron chi connectivity index (χ2n) is 4.81. The summed E-state index contributed by atoms with van der Waals surface area (Å²) >= 11 is 3.40. The average molecular weight is 347 g/mol. The van der Waals surface area contributed by atoms with E-state index >= 15 is 0 Å². The van der Waals surface area contributed by atoms with E-state index in [1.165, 1.54) is 6.07 Å². The van der Waals surface area contributed by atoms with E-state index in [2.05, 4.69) is 26.2 Å². The molecule has 0 saturated heterocycles. The largest absolute Gasteiger partial charge is 0.324 e. The summed E-state index contributed by atoms with van der Waals surface area (Å²) in [7, 11) is 0. The molecule has 21 heavy (non-hydrogen) atoms. The number of carbonyl (C=O) groups is 1. The third-order valence-corrected chi connectivity index (χ3v) is 3.82. The Morgan fingerprint density at radius 2 is 1.95 bits per heavy atom. The number of nitrogens with zero attached hydrogens (tertiary/aromatic N) is 1. The Morgan fingerprint density at radius 1 is 1.19 bits per heavy atom. The van der Waals surface area contributed by atoms with E-state index in [0.717, 1.165) is 4.47 Å². The van der Waals surface area contributed by atoms with Crippen LogP contribution >= 0.6 is 15.9 Å². The molecule has 1 amide bonds. The standard InChI is InChI=1S/C16H12BrFN2O/c1-9-16(21)20-14-7-6-10(17)8-12(14)15(19-9)11-4-2-3-5-13(11)18/h2-9H,1H3,(H,20,21). The van der Waals surface area contributed by atoms with Gasteiger partial charge in [0.1, 0.15) is 11.9 Å². The second kappa shape index (κ2) is 5.41. The molecule has 0 fully saturated rings. The van der Waals surface area contributed by atoms with Crippen LogP contribution in [0.25, 0.3) is 0 Å². The van der Waals surface area contributed by atoms with Crippen LogP contribution in [0.5, 0.6) is 0 Å². The predicted octanol–water partition coefficient (Wildman–Crippen LogP) is 3.77. The fourth-order valence-electron chi connectivity index (χ4n) is 2.25. The summed E-state index contributed by atoms with van der Waals surface area (Å²) in [5, 5.41) is 2.82. The van der Waals surface area contributed by atoms with Gasteiger partial charge in [0.05, 0.1) is 11.4 Å². The van der Waals surface area contributed by atoms with Crippen molar-refractivity contribution in [3.8, 4) is 0 Å². The first-order chi connectivity index (χ1) is 10.1. The molecule has 1 N–H and O–H groups in total. The van der Waals surface area contributed by atoms with E-state index < -0.39 is 6.04 Å². The zero-order valence-electron chi connectivity index (χ0n) is 11.2. The van der Waals surface area contributed by atoms with E-state index in [0.29, 0.717) is 22.5 Å². The molecule has 106 valence electrons. The number of carbonyl (C=O) groups excluding carboxylic acids is 1. The normalized spacial score (nSPS) is 17.6. The van der Waals surface area contributed by atoms with Crippen LogP contribution in [0.1, 0.15) is 18.1 Å². The molecule has 3 rings (SSSR count). The van der Waals surface area contributed by atoms with Gasteiger partial charge >= 0.3 is 0 Å². The maximum Gasteiger partial charge on any atom is 0.248 e. The Kier molecular flexibility index (Phi) is 3.59. The quantitative estimate of drug-likeness (QED) is 0.838. The lowest BCUT2D eigenvalue weighted by Gasteiger charge is -2.11. The molecule has 0 spiro atoms. The number of rotatable bonds is 1. The number of amides is 1. The van der Waals surface area contributed by atoms with Crippen LogP contribution < -0.4 is 5.32 Å². The van der Waals surface area contributed by atoms with Crippen molar-refractivity contribution in [1.29, 1.82) is 0 Å². The Balaban J connectivity index is 2.27. The lowest BCUT2D eigenvalue weighted by Crippen LogP contribution is -2.22. The number of fused-ring (bicyclic) bond motifs is 1. The van der Waals surface area contributed by atoms with Gasteiger partial charge in [-0.1, -0.05) is 28.1 Å². The van der Waals surface area contributed by atoms with Crippen LogP contribution in [0.3, 0.4) is 0 Å². The fourth-order valence-corrected chi connectivity index (χ4v) is 2.61. The molecule has 5 heteroatoms. The molecule has 1 heterocycles. The predicted molar refractivity (Wildman–Crippen MR) is 84.3 cm³/mol. The lowest BCUT2D eigenvalue weighted by molar-refractivity contribution is -0.116. The first kappa shape index (κ1) is 13.9. The van der Waals surface area contributed by atoms with Crippen LogP contribution in [-0.2, 0) is 4.79 Å². The summed E-state index contributed by atoms with van der Waals surface area (Å²) in [4.78, 5) is 16.4. The summed E-state index contributed by atoms with van der Waals surface area (Å²) < 4.78 is 15.0. The molecule has 2 aromatic rings. The maximum atomic E-state index is 14.1. The van der Waals surface area contributed by atoms with E-state index in [1.54, 1.807) is 31.2 Å². The van der Waals surface area contributed by atoms with Crippen LogP contribution in [0.4, 0.5) is 10.1 Å². The highest BCUT2D eigenvalue weighted by Crippen LogP contribution is 2.28. The summed E-state index contributed by atoms with van der Waals surface area (Å²) in [5.74, 6) is -0.561. The van der Waals surface area contributed by atoms with Crippen LogP contribution in [0.15, 0.2) is 51.9 Å². The monoisotopic (exact) mass is 346 g/mol. The highest BCUT2D eigenvalue weighted by molar-refractivity contribution is 9.10. The van der Waals surface area contributed by atoms with E-state index in [4.69, 9.17) is 0 Å². The van der Waals surface area contributed by atoms with Gasteiger partial charge in [-0.15, -0.1) is 0 Å². The zero-order valence-corrected chi connectivity index (χ0v) is 12.8. The third kappa shape index (κ3) is 2.61. The van der Waals surface area contributed by atoms with Crippen LogP contribution in [0.2, 0.25) is 0 Å². The van der Waals surface area contributed by atoms with E-state index in [9.17, 15) is 9.18 Å². The molecule has 0 aliphatic carbocycles. The average Bonchev–Trinajstić information content (AvgIpc) is 2.58. The van der Waals surface area contributed by atoms with Gasteiger partial charge in [0.25, 0.3) is 0 Å². The smallest absolute Gasteiger partial charge is 0.248 e. The number of halogens is 2. The molecular weight excluding hydrogens is 335 g/mol. The SMILES string of the molecule is CC1N=C(c2ccccc2F)c2cc(Br)ccc2NC1=O. The molecule has 0 saturated carbocycles. The molecule has 1 atom stereocenters. The van der Waals surface area contributed by atoms with Gasteiger partial charge in [-0.2, -0.15) is 0 Å². The van der Waals surface area contributed by atoms with Crippen molar-refractivity contribution in [3.05, 3.63) is 63.9 Å². The third-order valence-electron chi connectivity index (χ3n) is 3.33. The Hall–Kier alpha value is -2.01. The van der Waals surface area contributed by atoms with Crippen LogP contribution in [0, 0.1) is 5.82 Å². The summed E-state index contributed by atoms with van der Waals surface area (Å²) in [6, 6.07) is 11.3. The number of benzodiazepines with no additional fused rings is 1. The summed E-state index contributed by atoms with van der Waals surface area (Å²) in [5.41, 5.74) is 2.21. The molecule has 0 bridgehead atoms. The van der Waals surface area contributed by atoms with Crippen molar-refractivity contribution in [3.63, 3.8) is 0 Å². The molecule has 0 aromatic heterocycles. The first-order valence-corrected chi connectivity index (χ1v) is 7.29. The van der Waals surface area contributed by atoms with E-state index in [-0.39, 0.29) is 11.7 Å². The minimum absolute atomic E-state index is 0.204. The van der Waals surface area contributed by atoms with Gasteiger partial charge in [-0.3, -0.25) is 9.79 Å². The highest BCUT2D eigenvalue weighted by Gasteiger charge is 2.24. The minimum atomic E-state index is -0.578. The zero-order chi connectivity index (χ0) is 15.0. The second-order valence-corrected chi connectivity index (χ2v) is 5.73. The Bertz CT molecular complexity index is 758. The van der Waals surface area contributed by atoms with Crippen molar-refractivity contribution in [2.75, 3.05) is 5.32 Å². The topological polar surface area (TPSA) is 41.5 Å². The summed E-state index contributed by atoms with van der Waals surface area (Å²) in [6.45, 7) is 1.69. The number of hydrogen-bond donors (Lipinski definition) is 1. The number of benzene rings is 2. The highest BCUT2D eigenvalue weighted by atomic mass is 79.9. The number of hydrogen-bond acceptors (Lipinski definition) is 2. The number of nitrogens with one attached hydrogen (secondary N) is 1. The van der Waals surface area contributed by atoms with Crippen molar-refractivity contribution in [2.24, 2.45) is 4.99 Å². The van der Waals surface area contributed by atoms with Gasteiger partial charge in [0.2, 0.25) is 5.91 Å². The molecular formula is C16H12BrFN2O. The van der Waals surface area contributed by atoms with Crippen molar-refractivity contribution < 1.29 is 9.18 Å². The molecule has 2 aromatic carbocycles. The maximum absolute atomic E-state index is 14.1. The lowest BCUT2D eigenvalue weighted by atomic mass is 10.00. The van der Waals surface area contributed by atoms with Gasteiger partial charge in [-0.25, -0.2) is 4.39 Å². The number of anilines is 1. The first-order valence-electron chi connectivity index (χ1n) is 6.50. The summed E-state index contributed by atoms with van der Waals surface area (Å²) in [6.07, 6.45) is 0. The minimum Gasteiger partial charge on any atom is -0.324 e. The Morgan fingerprint density at radius 3 is 2.71 bits per heavy atom. The van der Waals surface area contributed by atoms with Gasteiger partial charge in [0, 0.05) is 15.6 Å². The van der Waals surface area contributed by atoms with Crippen LogP contribution in [-0.4, -0.2) is 17.7 Å². The van der Waals surface area contributed by atoms with Crippen molar-refractivity contribution >= 4 is 33.2 Å². The van der Waals surface area contributed by atoms with Gasteiger partial charge in [-0.05, 0) is 37.3 Å². The van der Waals surface area contributed by atoms with Crippen molar-refractivity contribution in [1.82, 2.24) is 0 Å². The fraction of sp³-hybridized carbons (Fsp3) is 0.125. The molecule has 1 unspecified atom stereocenters. The van der Waals surface area contributed by atoms with Gasteiger partial charge < -0.3 is 5.32 Å². The molecule has 1 aliphatic heterocycles.